The zero-order valence-corrected chi connectivity index (χ0v) is 14.0. The zero-order valence-electron chi connectivity index (χ0n) is 14.0. The normalized spacial score (nSPS) is 17.9. The number of carbonyl (C=O) groups excluding carboxylic acids is 1. The molecule has 5 heteroatoms. The maximum Gasteiger partial charge on any atom is 0.260 e. The summed E-state index contributed by atoms with van der Waals surface area (Å²) in [6.07, 6.45) is 2.75. The van der Waals surface area contributed by atoms with Crippen LogP contribution in [0.15, 0.2) is 30.5 Å². The number of aryl methyl sites for hydroxylation is 1. The van der Waals surface area contributed by atoms with Gasteiger partial charge in [-0.05, 0) is 51.2 Å². The van der Waals surface area contributed by atoms with Gasteiger partial charge in [-0.15, -0.1) is 0 Å². The average molecular weight is 313 g/mol. The van der Waals surface area contributed by atoms with Crippen LogP contribution < -0.4 is 4.74 Å². The highest BCUT2D eigenvalue weighted by atomic mass is 16.5. The molecule has 1 aliphatic heterocycles. The first-order valence-corrected chi connectivity index (χ1v) is 7.97. The van der Waals surface area contributed by atoms with E-state index in [2.05, 4.69) is 24.0 Å². The molecule has 1 saturated heterocycles. The van der Waals surface area contributed by atoms with Crippen molar-refractivity contribution in [2.24, 2.45) is 0 Å². The summed E-state index contributed by atoms with van der Waals surface area (Å²) in [4.78, 5) is 20.8. The van der Waals surface area contributed by atoms with Crippen LogP contribution in [0.3, 0.4) is 0 Å². The SMILES string of the molecule is Cc1ccc2c(OCC(=O)N3CCC(N(C)C)C3)ccnc2c1. The smallest absolute Gasteiger partial charge is 0.260 e. The Morgan fingerprint density at radius 1 is 1.39 bits per heavy atom. The summed E-state index contributed by atoms with van der Waals surface area (Å²) in [5.74, 6) is 0.762. The van der Waals surface area contributed by atoms with Gasteiger partial charge in [0.2, 0.25) is 0 Å². The third kappa shape index (κ3) is 3.45. The lowest BCUT2D eigenvalue weighted by atomic mass is 10.1. The first kappa shape index (κ1) is 15.7. The zero-order chi connectivity index (χ0) is 16.4. The van der Waals surface area contributed by atoms with Crippen LogP contribution in [0, 0.1) is 6.92 Å². The molecule has 0 spiro atoms. The van der Waals surface area contributed by atoms with Crippen LogP contribution in [-0.4, -0.2) is 60.5 Å². The van der Waals surface area contributed by atoms with E-state index in [0.29, 0.717) is 11.8 Å². The molecule has 1 unspecified atom stereocenters. The Morgan fingerprint density at radius 3 is 2.96 bits per heavy atom. The minimum absolute atomic E-state index is 0.0476. The van der Waals surface area contributed by atoms with Crippen molar-refractivity contribution in [1.82, 2.24) is 14.8 Å². The molecule has 1 aromatic heterocycles. The Labute approximate surface area is 136 Å². The van der Waals surface area contributed by atoms with Gasteiger partial charge in [0.1, 0.15) is 5.75 Å². The summed E-state index contributed by atoms with van der Waals surface area (Å²) in [6, 6.07) is 8.31. The number of rotatable bonds is 4. The molecule has 1 atom stereocenters. The number of hydrogen-bond donors (Lipinski definition) is 0. The number of nitrogens with zero attached hydrogens (tertiary/aromatic N) is 3. The van der Waals surface area contributed by atoms with Crippen molar-refractivity contribution in [3.8, 4) is 5.75 Å². The van der Waals surface area contributed by atoms with Gasteiger partial charge in [-0.2, -0.15) is 0 Å². The Kier molecular flexibility index (Phi) is 4.48. The van der Waals surface area contributed by atoms with E-state index < -0.39 is 0 Å². The number of likely N-dealkylation sites (tertiary alicyclic amines) is 1. The molecule has 0 bridgehead atoms. The molecule has 1 amide bonds. The largest absolute Gasteiger partial charge is 0.483 e. The van der Waals surface area contributed by atoms with Crippen LogP contribution in [0.4, 0.5) is 0 Å². The van der Waals surface area contributed by atoms with Gasteiger partial charge in [0.15, 0.2) is 6.61 Å². The van der Waals surface area contributed by atoms with E-state index in [9.17, 15) is 4.79 Å². The summed E-state index contributed by atoms with van der Waals surface area (Å²) >= 11 is 0. The van der Waals surface area contributed by atoms with Gasteiger partial charge in [0, 0.05) is 30.7 Å². The summed E-state index contributed by atoms with van der Waals surface area (Å²) in [5, 5.41) is 0.943. The van der Waals surface area contributed by atoms with Crippen molar-refractivity contribution in [3.63, 3.8) is 0 Å². The van der Waals surface area contributed by atoms with Gasteiger partial charge in [0.05, 0.1) is 5.52 Å². The van der Waals surface area contributed by atoms with E-state index in [4.69, 9.17) is 4.74 Å². The number of likely N-dealkylation sites (N-methyl/N-ethyl adjacent to an activating group) is 1. The van der Waals surface area contributed by atoms with Gasteiger partial charge in [-0.1, -0.05) is 6.07 Å². The Morgan fingerprint density at radius 2 is 2.22 bits per heavy atom. The first-order valence-electron chi connectivity index (χ1n) is 7.97. The highest BCUT2D eigenvalue weighted by Crippen LogP contribution is 2.24. The molecule has 0 aliphatic carbocycles. The second kappa shape index (κ2) is 6.54. The molecule has 2 aromatic rings. The molecule has 0 radical (unpaired) electrons. The highest BCUT2D eigenvalue weighted by molar-refractivity contribution is 5.86. The molecule has 1 aromatic carbocycles. The first-order chi connectivity index (χ1) is 11.0. The highest BCUT2D eigenvalue weighted by Gasteiger charge is 2.27. The molecule has 1 aliphatic rings. The van der Waals surface area contributed by atoms with Crippen molar-refractivity contribution < 1.29 is 9.53 Å². The standard InChI is InChI=1S/C18H23N3O2/c1-13-4-5-15-16(10-13)19-8-6-17(15)23-12-18(22)21-9-7-14(11-21)20(2)3/h4-6,8,10,14H,7,9,11-12H2,1-3H3. The molecule has 5 nitrogen and oxygen atoms in total. The number of ether oxygens (including phenoxy) is 1. The van der Waals surface area contributed by atoms with E-state index in [1.54, 1.807) is 6.20 Å². The minimum Gasteiger partial charge on any atom is -0.483 e. The van der Waals surface area contributed by atoms with E-state index in [-0.39, 0.29) is 12.5 Å². The third-order valence-electron chi connectivity index (χ3n) is 4.46. The van der Waals surface area contributed by atoms with Gasteiger partial charge in [-0.3, -0.25) is 9.78 Å². The molecule has 0 N–H and O–H groups in total. The van der Waals surface area contributed by atoms with Crippen molar-refractivity contribution in [3.05, 3.63) is 36.0 Å². The van der Waals surface area contributed by atoms with Gasteiger partial charge in [0.25, 0.3) is 5.91 Å². The Balaban J connectivity index is 1.66. The summed E-state index contributed by atoms with van der Waals surface area (Å²) in [5.41, 5.74) is 2.05. The van der Waals surface area contributed by atoms with Gasteiger partial charge < -0.3 is 14.5 Å². The predicted octanol–water partition coefficient (Wildman–Crippen LogP) is 2.08. The summed E-state index contributed by atoms with van der Waals surface area (Å²) < 4.78 is 5.78. The molecule has 0 saturated carbocycles. The van der Waals surface area contributed by atoms with Crippen LogP contribution in [-0.2, 0) is 4.79 Å². The Hall–Kier alpha value is -2.14. The minimum atomic E-state index is 0.0476. The van der Waals surface area contributed by atoms with Gasteiger partial charge in [-0.25, -0.2) is 0 Å². The van der Waals surface area contributed by atoms with Crippen LogP contribution in [0.5, 0.6) is 5.75 Å². The number of benzene rings is 1. The molecule has 1 fully saturated rings. The molecule has 2 heterocycles. The lowest BCUT2D eigenvalue weighted by Gasteiger charge is -2.20. The lowest BCUT2D eigenvalue weighted by Crippen LogP contribution is -2.36. The topological polar surface area (TPSA) is 45.7 Å². The van der Waals surface area contributed by atoms with Crippen molar-refractivity contribution in [1.29, 1.82) is 0 Å². The van der Waals surface area contributed by atoms with E-state index in [1.807, 2.05) is 36.1 Å². The number of carbonyl (C=O) groups is 1. The number of pyridine rings is 1. The number of aromatic nitrogens is 1. The number of fused-ring (bicyclic) bond motifs is 1. The lowest BCUT2D eigenvalue weighted by molar-refractivity contribution is -0.132. The molecule has 23 heavy (non-hydrogen) atoms. The third-order valence-corrected chi connectivity index (χ3v) is 4.46. The predicted molar refractivity (Wildman–Crippen MR) is 90.6 cm³/mol. The van der Waals surface area contributed by atoms with Crippen LogP contribution in [0.25, 0.3) is 10.9 Å². The second-order valence-corrected chi connectivity index (χ2v) is 6.36. The van der Waals surface area contributed by atoms with Crippen molar-refractivity contribution in [2.75, 3.05) is 33.8 Å². The quantitative estimate of drug-likeness (QED) is 0.867. The second-order valence-electron chi connectivity index (χ2n) is 6.36. The van der Waals surface area contributed by atoms with Gasteiger partial charge >= 0.3 is 0 Å². The van der Waals surface area contributed by atoms with E-state index in [1.165, 1.54) is 0 Å². The monoisotopic (exact) mass is 313 g/mol. The fraction of sp³-hybridized carbons (Fsp3) is 0.444. The number of amides is 1. The molecule has 3 rings (SSSR count). The molecular formula is C18H23N3O2. The molecular weight excluding hydrogens is 290 g/mol. The Bertz CT molecular complexity index is 714. The number of hydrogen-bond acceptors (Lipinski definition) is 4. The van der Waals surface area contributed by atoms with E-state index in [0.717, 1.165) is 36.0 Å². The van der Waals surface area contributed by atoms with Crippen molar-refractivity contribution in [2.45, 2.75) is 19.4 Å². The summed E-state index contributed by atoms with van der Waals surface area (Å²) in [6.45, 7) is 3.70. The van der Waals surface area contributed by atoms with Crippen molar-refractivity contribution >= 4 is 16.8 Å². The fourth-order valence-electron chi connectivity index (χ4n) is 2.98. The van der Waals surface area contributed by atoms with E-state index >= 15 is 0 Å². The maximum atomic E-state index is 12.3. The van der Waals surface area contributed by atoms with Crippen LogP contribution in [0.2, 0.25) is 0 Å². The average Bonchev–Trinajstić information content (AvgIpc) is 3.02. The maximum absolute atomic E-state index is 12.3. The molecule has 122 valence electrons. The van der Waals surface area contributed by atoms with Crippen LogP contribution >= 0.6 is 0 Å². The van der Waals surface area contributed by atoms with Crippen LogP contribution in [0.1, 0.15) is 12.0 Å². The fourth-order valence-corrected chi connectivity index (χ4v) is 2.98. The summed E-state index contributed by atoms with van der Waals surface area (Å²) in [7, 11) is 4.11.